The van der Waals surface area contributed by atoms with E-state index in [1.165, 1.54) is 16.0 Å². The van der Waals surface area contributed by atoms with E-state index < -0.39 is 0 Å². The molecular weight excluding hydrogens is 312 g/mol. The molecule has 0 radical (unpaired) electrons. The van der Waals surface area contributed by atoms with Crippen LogP contribution in [0.2, 0.25) is 0 Å². The molecule has 1 aromatic carbocycles. The second kappa shape index (κ2) is 6.70. The molecule has 6 nitrogen and oxygen atoms in total. The van der Waals surface area contributed by atoms with Gasteiger partial charge in [0.15, 0.2) is 0 Å². The Morgan fingerprint density at radius 3 is 2.87 bits per heavy atom. The SMILES string of the molecule is CC[C@H](Cn1nnc2ccccc2c1=O)NC(=O)c1cccs1. The standard InChI is InChI=1S/C16H16N4O2S/c1-2-11(17-15(21)14-8-5-9-23-14)10-20-16(22)12-6-3-4-7-13(12)18-19-20/h3-9,11H,2,10H2,1H3,(H,17,21)/t11-/m1/s1. The van der Waals surface area contributed by atoms with Crippen LogP contribution in [-0.4, -0.2) is 26.9 Å². The van der Waals surface area contributed by atoms with E-state index in [9.17, 15) is 9.59 Å². The fourth-order valence-corrected chi connectivity index (χ4v) is 2.92. The lowest BCUT2D eigenvalue weighted by atomic mass is 10.2. The molecule has 2 heterocycles. The first kappa shape index (κ1) is 15.4. The van der Waals surface area contributed by atoms with Crippen molar-refractivity contribution in [1.29, 1.82) is 0 Å². The van der Waals surface area contributed by atoms with Crippen molar-refractivity contribution in [2.24, 2.45) is 0 Å². The average Bonchev–Trinajstić information content (AvgIpc) is 3.11. The molecule has 0 spiro atoms. The number of hydrogen-bond acceptors (Lipinski definition) is 5. The first-order valence-electron chi connectivity index (χ1n) is 7.36. The molecule has 1 amide bonds. The molecule has 0 aliphatic rings. The molecular formula is C16H16N4O2S. The van der Waals surface area contributed by atoms with E-state index in [1.807, 2.05) is 24.4 Å². The van der Waals surface area contributed by atoms with E-state index >= 15 is 0 Å². The number of nitrogens with one attached hydrogen (secondary N) is 1. The Morgan fingerprint density at radius 1 is 1.30 bits per heavy atom. The van der Waals surface area contributed by atoms with Crippen LogP contribution < -0.4 is 10.9 Å². The van der Waals surface area contributed by atoms with Crippen molar-refractivity contribution in [3.05, 3.63) is 57.0 Å². The van der Waals surface area contributed by atoms with Gasteiger partial charge in [-0.3, -0.25) is 9.59 Å². The normalized spacial score (nSPS) is 12.2. The lowest BCUT2D eigenvalue weighted by Crippen LogP contribution is -2.40. The molecule has 0 saturated carbocycles. The summed E-state index contributed by atoms with van der Waals surface area (Å²) in [6.45, 7) is 2.25. The van der Waals surface area contributed by atoms with E-state index in [0.29, 0.717) is 28.7 Å². The fourth-order valence-electron chi connectivity index (χ4n) is 2.29. The molecule has 0 fully saturated rings. The van der Waals surface area contributed by atoms with Crippen LogP contribution in [0.15, 0.2) is 46.6 Å². The van der Waals surface area contributed by atoms with Gasteiger partial charge in [0.1, 0.15) is 5.52 Å². The number of fused-ring (bicyclic) bond motifs is 1. The first-order chi connectivity index (χ1) is 11.2. The quantitative estimate of drug-likeness (QED) is 0.778. The predicted octanol–water partition coefficient (Wildman–Crippen LogP) is 2.06. The maximum Gasteiger partial charge on any atom is 0.277 e. The van der Waals surface area contributed by atoms with Gasteiger partial charge in [-0.2, -0.15) is 0 Å². The smallest absolute Gasteiger partial charge is 0.277 e. The van der Waals surface area contributed by atoms with Crippen LogP contribution in [0.25, 0.3) is 10.9 Å². The molecule has 1 N–H and O–H groups in total. The number of nitrogens with zero attached hydrogens (tertiary/aromatic N) is 3. The second-order valence-corrected chi connectivity index (χ2v) is 6.10. The topological polar surface area (TPSA) is 76.9 Å². The van der Waals surface area contributed by atoms with Gasteiger partial charge in [0.25, 0.3) is 11.5 Å². The molecule has 7 heteroatoms. The van der Waals surface area contributed by atoms with Gasteiger partial charge < -0.3 is 5.32 Å². The highest BCUT2D eigenvalue weighted by Gasteiger charge is 2.15. The third-order valence-electron chi connectivity index (χ3n) is 3.60. The van der Waals surface area contributed by atoms with E-state index in [4.69, 9.17) is 0 Å². The Hall–Kier alpha value is -2.54. The number of carbonyl (C=O) groups excluding carboxylic acids is 1. The van der Waals surface area contributed by atoms with Gasteiger partial charge in [0.05, 0.1) is 16.8 Å². The van der Waals surface area contributed by atoms with Crippen molar-refractivity contribution < 1.29 is 4.79 Å². The van der Waals surface area contributed by atoms with Gasteiger partial charge in [-0.05, 0) is 30.0 Å². The lowest BCUT2D eigenvalue weighted by molar-refractivity contribution is 0.0934. The summed E-state index contributed by atoms with van der Waals surface area (Å²) < 4.78 is 1.31. The van der Waals surface area contributed by atoms with Crippen LogP contribution in [0.5, 0.6) is 0 Å². The Balaban J connectivity index is 1.80. The van der Waals surface area contributed by atoms with Gasteiger partial charge in [0, 0.05) is 6.04 Å². The Morgan fingerprint density at radius 2 is 2.13 bits per heavy atom. The molecule has 118 valence electrons. The second-order valence-electron chi connectivity index (χ2n) is 5.15. The molecule has 0 bridgehead atoms. The van der Waals surface area contributed by atoms with Crippen molar-refractivity contribution in [2.45, 2.75) is 25.9 Å². The van der Waals surface area contributed by atoms with E-state index in [1.54, 1.807) is 24.3 Å². The van der Waals surface area contributed by atoms with Crippen molar-refractivity contribution >= 4 is 28.1 Å². The predicted molar refractivity (Wildman–Crippen MR) is 89.7 cm³/mol. The van der Waals surface area contributed by atoms with Gasteiger partial charge in [-0.25, -0.2) is 4.68 Å². The van der Waals surface area contributed by atoms with Crippen LogP contribution in [-0.2, 0) is 6.54 Å². The molecule has 0 aliphatic heterocycles. The fraction of sp³-hybridized carbons (Fsp3) is 0.250. The monoisotopic (exact) mass is 328 g/mol. The zero-order valence-corrected chi connectivity index (χ0v) is 13.4. The van der Waals surface area contributed by atoms with Crippen molar-refractivity contribution in [3.8, 4) is 0 Å². The Labute approximate surface area is 136 Å². The summed E-state index contributed by atoms with van der Waals surface area (Å²) >= 11 is 1.39. The van der Waals surface area contributed by atoms with Crippen molar-refractivity contribution in [3.63, 3.8) is 0 Å². The molecule has 23 heavy (non-hydrogen) atoms. The zero-order valence-electron chi connectivity index (χ0n) is 12.6. The average molecular weight is 328 g/mol. The number of hydrogen-bond donors (Lipinski definition) is 1. The van der Waals surface area contributed by atoms with Crippen LogP contribution in [0.3, 0.4) is 0 Å². The highest BCUT2D eigenvalue weighted by Crippen LogP contribution is 2.09. The first-order valence-corrected chi connectivity index (χ1v) is 8.24. The molecule has 1 atom stereocenters. The highest BCUT2D eigenvalue weighted by atomic mass is 32.1. The summed E-state index contributed by atoms with van der Waals surface area (Å²) in [5, 5.41) is 13.4. The molecule has 0 saturated heterocycles. The largest absolute Gasteiger partial charge is 0.347 e. The molecule has 3 rings (SSSR count). The van der Waals surface area contributed by atoms with E-state index in [-0.39, 0.29) is 17.5 Å². The molecule has 0 unspecified atom stereocenters. The summed E-state index contributed by atoms with van der Waals surface area (Å²) in [6, 6.07) is 10.5. The third kappa shape index (κ3) is 3.29. The summed E-state index contributed by atoms with van der Waals surface area (Å²) in [5.41, 5.74) is 0.379. The van der Waals surface area contributed by atoms with Crippen LogP contribution in [0.4, 0.5) is 0 Å². The van der Waals surface area contributed by atoms with Gasteiger partial charge in [-0.15, -0.1) is 16.4 Å². The van der Waals surface area contributed by atoms with Crippen molar-refractivity contribution in [2.75, 3.05) is 0 Å². The van der Waals surface area contributed by atoms with Crippen LogP contribution in [0, 0.1) is 0 Å². The van der Waals surface area contributed by atoms with Crippen molar-refractivity contribution in [1.82, 2.24) is 20.3 Å². The summed E-state index contributed by atoms with van der Waals surface area (Å²) in [4.78, 5) is 25.2. The number of benzene rings is 1. The van der Waals surface area contributed by atoms with Crippen LogP contribution in [0.1, 0.15) is 23.0 Å². The highest BCUT2D eigenvalue weighted by molar-refractivity contribution is 7.12. The minimum absolute atomic E-state index is 0.131. The summed E-state index contributed by atoms with van der Waals surface area (Å²) in [6.07, 6.45) is 0.693. The maximum absolute atomic E-state index is 12.4. The Kier molecular flexibility index (Phi) is 4.47. The maximum atomic E-state index is 12.4. The van der Waals surface area contributed by atoms with Crippen LogP contribution >= 0.6 is 11.3 Å². The number of amides is 1. The minimum atomic E-state index is -0.195. The van der Waals surface area contributed by atoms with E-state index in [0.717, 1.165) is 0 Å². The number of thiophene rings is 1. The summed E-state index contributed by atoms with van der Waals surface area (Å²) in [5.74, 6) is -0.131. The van der Waals surface area contributed by atoms with Gasteiger partial charge >= 0.3 is 0 Å². The molecule has 0 aliphatic carbocycles. The minimum Gasteiger partial charge on any atom is -0.347 e. The number of aromatic nitrogens is 3. The summed E-state index contributed by atoms with van der Waals surface area (Å²) in [7, 11) is 0. The third-order valence-corrected chi connectivity index (χ3v) is 4.46. The lowest BCUT2D eigenvalue weighted by Gasteiger charge is -2.16. The number of rotatable bonds is 5. The molecule has 2 aromatic heterocycles. The van der Waals surface area contributed by atoms with E-state index in [2.05, 4.69) is 15.6 Å². The van der Waals surface area contributed by atoms with Gasteiger partial charge in [0.2, 0.25) is 0 Å². The van der Waals surface area contributed by atoms with Gasteiger partial charge in [-0.1, -0.05) is 30.3 Å². The number of carbonyl (C=O) groups is 1. The molecule has 3 aromatic rings. The zero-order chi connectivity index (χ0) is 16.2. The Bertz CT molecular complexity index is 873.